The summed E-state index contributed by atoms with van der Waals surface area (Å²) in [5.41, 5.74) is 2.01. The van der Waals surface area contributed by atoms with Gasteiger partial charge in [-0.25, -0.2) is 0 Å². The SMILES string of the molecule is CN=C1CC[C@@]2(C)CCN(C)C2C1.COc1ccccc1OC. The second-order valence-corrected chi connectivity index (χ2v) is 6.75. The van der Waals surface area contributed by atoms with E-state index in [4.69, 9.17) is 9.47 Å². The maximum absolute atomic E-state index is 5.01. The fourth-order valence-electron chi connectivity index (χ4n) is 3.73. The average molecular weight is 318 g/mol. The molecule has 1 aliphatic heterocycles. The maximum atomic E-state index is 5.01. The van der Waals surface area contributed by atoms with Crippen molar-refractivity contribution >= 4 is 5.71 Å². The Bertz CT molecular complexity index is 521. The molecule has 2 aliphatic rings. The molecule has 1 unspecified atom stereocenters. The van der Waals surface area contributed by atoms with Gasteiger partial charge in [0.2, 0.25) is 0 Å². The van der Waals surface area contributed by atoms with Crippen LogP contribution in [0.2, 0.25) is 0 Å². The van der Waals surface area contributed by atoms with Gasteiger partial charge in [0.1, 0.15) is 0 Å². The predicted molar refractivity (Wildman–Crippen MR) is 95.9 cm³/mol. The third-order valence-electron chi connectivity index (χ3n) is 5.39. The number of ether oxygens (including phenoxy) is 2. The lowest BCUT2D eigenvalue weighted by Gasteiger charge is -2.38. The Balaban J connectivity index is 0.000000174. The van der Waals surface area contributed by atoms with Crippen molar-refractivity contribution < 1.29 is 9.47 Å². The van der Waals surface area contributed by atoms with Gasteiger partial charge in [0.15, 0.2) is 11.5 Å². The highest BCUT2D eigenvalue weighted by molar-refractivity contribution is 5.86. The molecular formula is C19H30N2O2. The highest BCUT2D eigenvalue weighted by atomic mass is 16.5. The zero-order chi connectivity index (χ0) is 16.9. The number of methoxy groups -OCH3 is 2. The number of benzene rings is 1. The predicted octanol–water partition coefficient (Wildman–Crippen LogP) is 3.66. The van der Waals surface area contributed by atoms with Gasteiger partial charge in [0, 0.05) is 25.2 Å². The lowest BCUT2D eigenvalue weighted by atomic mass is 9.71. The highest BCUT2D eigenvalue weighted by Crippen LogP contribution is 2.44. The van der Waals surface area contributed by atoms with Crippen molar-refractivity contribution in [1.82, 2.24) is 4.90 Å². The summed E-state index contributed by atoms with van der Waals surface area (Å²) in [7, 11) is 7.44. The van der Waals surface area contributed by atoms with E-state index in [1.807, 2.05) is 31.3 Å². The Morgan fingerprint density at radius 1 is 1.13 bits per heavy atom. The second-order valence-electron chi connectivity index (χ2n) is 6.75. The largest absolute Gasteiger partial charge is 0.493 e. The van der Waals surface area contributed by atoms with E-state index < -0.39 is 0 Å². The summed E-state index contributed by atoms with van der Waals surface area (Å²) in [6.07, 6.45) is 5.17. The number of aliphatic imine (C=N–C) groups is 1. The number of para-hydroxylation sites is 2. The molecule has 0 amide bonds. The standard InChI is InChI=1S/C11H20N2.C8H10O2/c1-11-5-4-9(12-2)8-10(11)13(3)7-6-11;1-9-7-5-3-4-6-8(7)10-2/h10H,4-8H2,1-3H3;3-6H,1-2H3/t10?,11-;/m0./s1. The van der Waals surface area contributed by atoms with Crippen LogP contribution in [0.3, 0.4) is 0 Å². The minimum absolute atomic E-state index is 0.586. The molecule has 0 radical (unpaired) electrons. The summed E-state index contributed by atoms with van der Waals surface area (Å²) >= 11 is 0. The van der Waals surface area contributed by atoms with Crippen LogP contribution >= 0.6 is 0 Å². The van der Waals surface area contributed by atoms with Crippen LogP contribution in [0.1, 0.15) is 32.6 Å². The Labute approximate surface area is 140 Å². The molecule has 0 aromatic heterocycles. The summed E-state index contributed by atoms with van der Waals surface area (Å²) in [5.74, 6) is 1.54. The lowest BCUT2D eigenvalue weighted by molar-refractivity contribution is 0.176. The molecule has 2 atom stereocenters. The zero-order valence-corrected chi connectivity index (χ0v) is 15.1. The lowest BCUT2D eigenvalue weighted by Crippen LogP contribution is -2.41. The van der Waals surface area contributed by atoms with Gasteiger partial charge in [-0.05, 0) is 50.4 Å². The first-order valence-corrected chi connectivity index (χ1v) is 8.36. The quantitative estimate of drug-likeness (QED) is 0.834. The number of hydrogen-bond donors (Lipinski definition) is 0. The Morgan fingerprint density at radius 2 is 1.74 bits per heavy atom. The molecular weight excluding hydrogens is 288 g/mol. The van der Waals surface area contributed by atoms with E-state index in [1.165, 1.54) is 37.9 Å². The minimum atomic E-state index is 0.586. The molecule has 3 rings (SSSR count). The van der Waals surface area contributed by atoms with Gasteiger partial charge in [-0.15, -0.1) is 0 Å². The van der Waals surface area contributed by atoms with E-state index in [0.717, 1.165) is 17.5 Å². The third kappa shape index (κ3) is 4.05. The topological polar surface area (TPSA) is 34.1 Å². The number of likely N-dealkylation sites (tertiary alicyclic amines) is 1. The first kappa shape index (κ1) is 17.8. The first-order valence-electron chi connectivity index (χ1n) is 8.36. The molecule has 4 heteroatoms. The van der Waals surface area contributed by atoms with Crippen LogP contribution in [0.4, 0.5) is 0 Å². The van der Waals surface area contributed by atoms with Gasteiger partial charge in [-0.3, -0.25) is 4.99 Å². The van der Waals surface area contributed by atoms with Crippen molar-refractivity contribution in [1.29, 1.82) is 0 Å². The van der Waals surface area contributed by atoms with Crippen molar-refractivity contribution in [3.05, 3.63) is 24.3 Å². The fourth-order valence-corrected chi connectivity index (χ4v) is 3.73. The summed E-state index contributed by atoms with van der Waals surface area (Å²) in [6, 6.07) is 8.29. The van der Waals surface area contributed by atoms with Gasteiger partial charge < -0.3 is 14.4 Å². The Morgan fingerprint density at radius 3 is 2.26 bits per heavy atom. The average Bonchev–Trinajstić information content (AvgIpc) is 2.90. The molecule has 1 saturated heterocycles. The van der Waals surface area contributed by atoms with E-state index in [-0.39, 0.29) is 0 Å². The molecule has 1 aliphatic carbocycles. The van der Waals surface area contributed by atoms with Crippen molar-refractivity contribution in [3.63, 3.8) is 0 Å². The Kier molecular flexibility index (Phi) is 6.05. The van der Waals surface area contributed by atoms with Crippen LogP contribution in [-0.2, 0) is 0 Å². The summed E-state index contributed by atoms with van der Waals surface area (Å²) < 4.78 is 10.0. The smallest absolute Gasteiger partial charge is 0.160 e. The van der Waals surface area contributed by atoms with E-state index in [9.17, 15) is 0 Å². The van der Waals surface area contributed by atoms with E-state index in [2.05, 4.69) is 23.9 Å². The maximum Gasteiger partial charge on any atom is 0.160 e. The van der Waals surface area contributed by atoms with Crippen LogP contribution in [0.25, 0.3) is 0 Å². The molecule has 0 N–H and O–H groups in total. The number of fused-ring (bicyclic) bond motifs is 1. The van der Waals surface area contributed by atoms with Crippen molar-refractivity contribution in [2.24, 2.45) is 10.4 Å². The molecule has 1 aromatic rings. The van der Waals surface area contributed by atoms with Crippen molar-refractivity contribution in [3.8, 4) is 11.5 Å². The molecule has 0 bridgehead atoms. The monoisotopic (exact) mass is 318 g/mol. The number of hydrogen-bond acceptors (Lipinski definition) is 4. The van der Waals surface area contributed by atoms with E-state index in [0.29, 0.717) is 5.41 Å². The molecule has 1 aromatic carbocycles. The van der Waals surface area contributed by atoms with E-state index in [1.54, 1.807) is 14.2 Å². The van der Waals surface area contributed by atoms with Gasteiger partial charge in [0.25, 0.3) is 0 Å². The number of rotatable bonds is 2. The number of nitrogens with zero attached hydrogens (tertiary/aromatic N) is 2. The van der Waals surface area contributed by atoms with Crippen LogP contribution in [0, 0.1) is 5.41 Å². The molecule has 1 heterocycles. The fraction of sp³-hybridized carbons (Fsp3) is 0.632. The molecule has 23 heavy (non-hydrogen) atoms. The van der Waals surface area contributed by atoms with E-state index >= 15 is 0 Å². The van der Waals surface area contributed by atoms with Gasteiger partial charge >= 0.3 is 0 Å². The summed E-state index contributed by atoms with van der Waals surface area (Å²) in [5, 5.41) is 0. The zero-order valence-electron chi connectivity index (χ0n) is 15.1. The van der Waals surface area contributed by atoms with Gasteiger partial charge in [-0.2, -0.15) is 0 Å². The highest BCUT2D eigenvalue weighted by Gasteiger charge is 2.44. The van der Waals surface area contributed by atoms with Gasteiger partial charge in [0.05, 0.1) is 14.2 Å². The second kappa shape index (κ2) is 7.82. The van der Waals surface area contributed by atoms with Crippen LogP contribution in [0.15, 0.2) is 29.3 Å². The minimum Gasteiger partial charge on any atom is -0.493 e. The molecule has 4 nitrogen and oxygen atoms in total. The Hall–Kier alpha value is -1.55. The third-order valence-corrected chi connectivity index (χ3v) is 5.39. The van der Waals surface area contributed by atoms with Crippen LogP contribution < -0.4 is 9.47 Å². The van der Waals surface area contributed by atoms with Crippen molar-refractivity contribution in [2.45, 2.75) is 38.6 Å². The molecule has 128 valence electrons. The first-order chi connectivity index (χ1) is 11.0. The molecule has 1 saturated carbocycles. The summed E-state index contributed by atoms with van der Waals surface area (Å²) in [6.45, 7) is 3.73. The van der Waals surface area contributed by atoms with Crippen LogP contribution in [-0.4, -0.2) is 51.5 Å². The normalized spacial score (nSPS) is 28.7. The van der Waals surface area contributed by atoms with Crippen molar-refractivity contribution in [2.75, 3.05) is 34.9 Å². The summed E-state index contributed by atoms with van der Waals surface area (Å²) in [4.78, 5) is 6.88. The van der Waals surface area contributed by atoms with Crippen LogP contribution in [0.5, 0.6) is 11.5 Å². The molecule has 2 fully saturated rings. The molecule has 0 spiro atoms. The van der Waals surface area contributed by atoms with Gasteiger partial charge in [-0.1, -0.05) is 19.1 Å².